The molecule has 2 heterocycles. The highest BCUT2D eigenvalue weighted by Gasteiger charge is 2.31. The van der Waals surface area contributed by atoms with E-state index in [9.17, 15) is 13.2 Å². The number of amides is 1. The van der Waals surface area contributed by atoms with Crippen molar-refractivity contribution >= 4 is 15.9 Å². The van der Waals surface area contributed by atoms with E-state index in [1.165, 1.54) is 0 Å². The second-order valence-electron chi connectivity index (χ2n) is 7.52. The quantitative estimate of drug-likeness (QED) is 0.842. The molecule has 0 aromatic heterocycles. The van der Waals surface area contributed by atoms with E-state index in [-0.39, 0.29) is 11.9 Å². The molecule has 0 saturated carbocycles. The largest absolute Gasteiger partial charge is 0.339 e. The molecule has 1 aromatic rings. The summed E-state index contributed by atoms with van der Waals surface area (Å²) in [5.74, 6) is 0.464. The van der Waals surface area contributed by atoms with Crippen LogP contribution in [0.2, 0.25) is 0 Å². The van der Waals surface area contributed by atoms with Crippen LogP contribution >= 0.6 is 0 Å². The number of benzene rings is 1. The van der Waals surface area contributed by atoms with E-state index in [4.69, 9.17) is 5.73 Å². The van der Waals surface area contributed by atoms with Gasteiger partial charge in [0.15, 0.2) is 0 Å². The van der Waals surface area contributed by atoms with Crippen molar-refractivity contribution in [2.45, 2.75) is 50.0 Å². The maximum atomic E-state index is 12.7. The number of carbonyl (C=O) groups excluding carboxylic acids is 1. The van der Waals surface area contributed by atoms with Crippen molar-refractivity contribution in [2.24, 2.45) is 11.7 Å². The fraction of sp³-hybridized carbons (Fsp3) is 0.632. The minimum atomic E-state index is -3.42. The Morgan fingerprint density at radius 3 is 2.38 bits per heavy atom. The predicted octanol–water partition coefficient (Wildman–Crippen LogP) is 1.60. The van der Waals surface area contributed by atoms with Crippen molar-refractivity contribution in [2.75, 3.05) is 26.2 Å². The van der Waals surface area contributed by atoms with E-state index >= 15 is 0 Å². The van der Waals surface area contributed by atoms with Crippen LogP contribution in [0.25, 0.3) is 0 Å². The van der Waals surface area contributed by atoms with Gasteiger partial charge in [0.05, 0.1) is 11.3 Å². The van der Waals surface area contributed by atoms with Gasteiger partial charge in [-0.1, -0.05) is 18.6 Å². The van der Waals surface area contributed by atoms with Gasteiger partial charge in [0.1, 0.15) is 0 Å². The van der Waals surface area contributed by atoms with Crippen molar-refractivity contribution in [3.05, 3.63) is 29.8 Å². The van der Waals surface area contributed by atoms with Gasteiger partial charge in [0.25, 0.3) is 0 Å². The van der Waals surface area contributed by atoms with Gasteiger partial charge in [-0.15, -0.1) is 0 Å². The molecule has 3 rings (SSSR count). The van der Waals surface area contributed by atoms with Crippen LogP contribution in [0.1, 0.15) is 38.2 Å². The summed E-state index contributed by atoms with van der Waals surface area (Å²) < 4.78 is 26.9. The normalized spacial score (nSPS) is 24.8. The molecule has 0 aliphatic carbocycles. The summed E-state index contributed by atoms with van der Waals surface area (Å²) in [6, 6.07) is 6.99. The zero-order valence-electron chi connectivity index (χ0n) is 15.4. The second kappa shape index (κ2) is 8.06. The van der Waals surface area contributed by atoms with Gasteiger partial charge in [0.2, 0.25) is 15.9 Å². The van der Waals surface area contributed by atoms with Crippen LogP contribution in [0.3, 0.4) is 0 Å². The van der Waals surface area contributed by atoms with Crippen molar-refractivity contribution in [3.8, 4) is 0 Å². The highest BCUT2D eigenvalue weighted by Crippen LogP contribution is 2.24. The molecule has 2 unspecified atom stereocenters. The lowest BCUT2D eigenvalue weighted by atomic mass is 10.1. The first-order valence-corrected chi connectivity index (χ1v) is 10.9. The molecular weight excluding hydrogens is 350 g/mol. The SMILES string of the molecule is CC1CC(CN)CN1C(=O)Cc1ccc(S(=O)(=O)N2CCCCC2)cc1. The number of rotatable bonds is 5. The Hall–Kier alpha value is -1.44. The molecule has 144 valence electrons. The maximum Gasteiger partial charge on any atom is 0.243 e. The summed E-state index contributed by atoms with van der Waals surface area (Å²) in [6.07, 6.45) is 4.18. The molecule has 2 N–H and O–H groups in total. The molecule has 2 aliphatic rings. The Kier molecular flexibility index (Phi) is 5.99. The van der Waals surface area contributed by atoms with Crippen LogP contribution in [0.4, 0.5) is 0 Å². The number of hydrogen-bond donors (Lipinski definition) is 1. The molecule has 6 nitrogen and oxygen atoms in total. The number of piperidine rings is 1. The van der Waals surface area contributed by atoms with E-state index in [2.05, 4.69) is 6.92 Å². The first-order valence-electron chi connectivity index (χ1n) is 9.50. The lowest BCUT2D eigenvalue weighted by Gasteiger charge is -2.26. The van der Waals surface area contributed by atoms with Crippen molar-refractivity contribution in [3.63, 3.8) is 0 Å². The summed E-state index contributed by atoms with van der Waals surface area (Å²) in [7, 11) is -3.42. The first kappa shape index (κ1) is 19.3. The van der Waals surface area contributed by atoms with E-state index in [1.807, 2.05) is 4.90 Å². The molecule has 7 heteroatoms. The van der Waals surface area contributed by atoms with Crippen molar-refractivity contribution in [1.29, 1.82) is 0 Å². The smallest absolute Gasteiger partial charge is 0.243 e. The summed E-state index contributed by atoms with van der Waals surface area (Å²) >= 11 is 0. The summed E-state index contributed by atoms with van der Waals surface area (Å²) in [5.41, 5.74) is 6.57. The van der Waals surface area contributed by atoms with E-state index < -0.39 is 10.0 Å². The first-order chi connectivity index (χ1) is 12.4. The Morgan fingerprint density at radius 2 is 1.81 bits per heavy atom. The fourth-order valence-electron chi connectivity index (χ4n) is 3.97. The van der Waals surface area contributed by atoms with Gasteiger partial charge < -0.3 is 10.6 Å². The summed E-state index contributed by atoms with van der Waals surface area (Å²) in [5, 5.41) is 0. The molecule has 26 heavy (non-hydrogen) atoms. The Balaban J connectivity index is 1.65. The van der Waals surface area contributed by atoms with Gasteiger partial charge in [-0.2, -0.15) is 4.31 Å². The second-order valence-corrected chi connectivity index (χ2v) is 9.46. The fourth-order valence-corrected chi connectivity index (χ4v) is 5.49. The number of carbonyl (C=O) groups is 1. The molecule has 2 saturated heterocycles. The number of nitrogens with zero attached hydrogens (tertiary/aromatic N) is 2. The minimum Gasteiger partial charge on any atom is -0.339 e. The van der Waals surface area contributed by atoms with Gasteiger partial charge in [-0.05, 0) is 56.3 Å². The minimum absolute atomic E-state index is 0.0834. The highest BCUT2D eigenvalue weighted by atomic mass is 32.2. The monoisotopic (exact) mass is 379 g/mol. The number of sulfonamides is 1. The van der Waals surface area contributed by atoms with Crippen LogP contribution in [0, 0.1) is 5.92 Å². The average molecular weight is 380 g/mol. The van der Waals surface area contributed by atoms with Crippen LogP contribution in [-0.2, 0) is 21.2 Å². The maximum absolute atomic E-state index is 12.7. The molecule has 2 atom stereocenters. The molecule has 1 amide bonds. The average Bonchev–Trinajstić information content (AvgIpc) is 3.04. The van der Waals surface area contributed by atoms with Crippen LogP contribution in [-0.4, -0.2) is 55.8 Å². The molecule has 0 bridgehead atoms. The zero-order chi connectivity index (χ0) is 18.7. The van der Waals surface area contributed by atoms with Crippen molar-refractivity contribution in [1.82, 2.24) is 9.21 Å². The Labute approximate surface area is 156 Å². The predicted molar refractivity (Wildman–Crippen MR) is 101 cm³/mol. The van der Waals surface area contributed by atoms with Crippen molar-refractivity contribution < 1.29 is 13.2 Å². The lowest BCUT2D eigenvalue weighted by molar-refractivity contribution is -0.131. The lowest BCUT2D eigenvalue weighted by Crippen LogP contribution is -2.36. The van der Waals surface area contributed by atoms with Crippen LogP contribution in [0.15, 0.2) is 29.2 Å². The van der Waals surface area contributed by atoms with Gasteiger partial charge >= 0.3 is 0 Å². The highest BCUT2D eigenvalue weighted by molar-refractivity contribution is 7.89. The standard InChI is InChI=1S/C19H29N3O3S/c1-15-11-17(13-20)14-22(15)19(23)12-16-5-7-18(8-6-16)26(24,25)21-9-3-2-4-10-21/h5-8,15,17H,2-4,9-14,20H2,1H3. The number of likely N-dealkylation sites (tertiary alicyclic amines) is 1. The third-order valence-electron chi connectivity index (χ3n) is 5.55. The van der Waals surface area contributed by atoms with E-state index in [0.29, 0.717) is 36.9 Å². The zero-order valence-corrected chi connectivity index (χ0v) is 16.2. The Morgan fingerprint density at radius 1 is 1.15 bits per heavy atom. The van der Waals surface area contributed by atoms with Gasteiger partial charge in [0, 0.05) is 25.7 Å². The third kappa shape index (κ3) is 4.10. The number of hydrogen-bond acceptors (Lipinski definition) is 4. The summed E-state index contributed by atoms with van der Waals surface area (Å²) in [6.45, 7) is 4.58. The summed E-state index contributed by atoms with van der Waals surface area (Å²) in [4.78, 5) is 14.8. The molecule has 2 aliphatic heterocycles. The van der Waals surface area contributed by atoms with E-state index in [1.54, 1.807) is 28.6 Å². The molecule has 0 radical (unpaired) electrons. The molecule has 0 spiro atoms. The molecule has 1 aromatic carbocycles. The molecule has 2 fully saturated rings. The topological polar surface area (TPSA) is 83.7 Å². The van der Waals surface area contributed by atoms with Crippen LogP contribution in [0.5, 0.6) is 0 Å². The Bertz CT molecular complexity index is 727. The van der Waals surface area contributed by atoms with Gasteiger partial charge in [-0.25, -0.2) is 8.42 Å². The third-order valence-corrected chi connectivity index (χ3v) is 7.46. The van der Waals surface area contributed by atoms with E-state index in [0.717, 1.165) is 37.8 Å². The van der Waals surface area contributed by atoms with Crippen LogP contribution < -0.4 is 5.73 Å². The molecular formula is C19H29N3O3S. The van der Waals surface area contributed by atoms with Gasteiger partial charge in [-0.3, -0.25) is 4.79 Å². The number of nitrogens with two attached hydrogens (primary N) is 1.